The standard InChI is InChI=1S/C36H33BNO3P/c1-35(2)36(3,4)41-37(40-35)28-22-19-26(20-23-28)27-21-24-34-32(25-27)31-17-11-12-18-33(31)38(34)42(39,29-13-7-5-8-14-29)30-15-9-6-10-16-30/h5-25H,1-4H3. The van der Waals surface area contributed by atoms with E-state index in [1.165, 1.54) is 0 Å². The Labute approximate surface area is 247 Å². The van der Waals surface area contributed by atoms with Crippen LogP contribution in [0.3, 0.4) is 0 Å². The van der Waals surface area contributed by atoms with Crippen molar-refractivity contribution >= 4 is 52.3 Å². The number of benzene rings is 5. The average Bonchev–Trinajstić information content (AvgIpc) is 3.46. The van der Waals surface area contributed by atoms with Crippen LogP contribution in [0.15, 0.2) is 127 Å². The topological polar surface area (TPSA) is 40.5 Å². The lowest BCUT2D eigenvalue weighted by Gasteiger charge is -2.32. The lowest BCUT2D eigenvalue weighted by Crippen LogP contribution is -2.41. The van der Waals surface area contributed by atoms with E-state index in [4.69, 9.17) is 9.31 Å². The molecule has 0 atom stereocenters. The van der Waals surface area contributed by atoms with Gasteiger partial charge in [0.05, 0.1) is 22.2 Å². The fourth-order valence-electron chi connectivity index (χ4n) is 5.89. The van der Waals surface area contributed by atoms with Gasteiger partial charge < -0.3 is 9.31 Å². The minimum Gasteiger partial charge on any atom is -0.399 e. The van der Waals surface area contributed by atoms with Crippen LogP contribution in [0.1, 0.15) is 27.7 Å². The molecule has 1 aliphatic heterocycles. The summed E-state index contributed by atoms with van der Waals surface area (Å²) in [5.41, 5.74) is 4.34. The van der Waals surface area contributed by atoms with Gasteiger partial charge in [0.25, 0.3) is 0 Å². The van der Waals surface area contributed by atoms with Crippen LogP contribution in [0.4, 0.5) is 0 Å². The van der Waals surface area contributed by atoms with Crippen LogP contribution in [-0.2, 0) is 13.9 Å². The number of nitrogens with zero attached hydrogens (tertiary/aromatic N) is 1. The third-order valence-corrected chi connectivity index (χ3v) is 11.9. The monoisotopic (exact) mass is 569 g/mol. The van der Waals surface area contributed by atoms with Gasteiger partial charge in [0, 0.05) is 21.4 Å². The predicted octanol–water partition coefficient (Wildman–Crippen LogP) is 7.54. The first-order valence-electron chi connectivity index (χ1n) is 14.4. The van der Waals surface area contributed by atoms with Gasteiger partial charge in [-0.1, -0.05) is 84.9 Å². The quantitative estimate of drug-likeness (QED) is 0.159. The number of hydrogen-bond acceptors (Lipinski definition) is 3. The molecule has 6 aromatic rings. The SMILES string of the molecule is CC1(C)OB(c2ccc(-c3ccc4c(c3)c3ccccc3n4P(=O)(c3ccccc3)c3ccccc3)cc2)OC1(C)C. The van der Waals surface area contributed by atoms with E-state index in [0.29, 0.717) is 0 Å². The summed E-state index contributed by atoms with van der Waals surface area (Å²) in [7, 11) is -3.65. The average molecular weight is 569 g/mol. The van der Waals surface area contributed by atoms with Crippen molar-refractivity contribution in [1.29, 1.82) is 0 Å². The highest BCUT2D eigenvalue weighted by molar-refractivity contribution is 7.77. The summed E-state index contributed by atoms with van der Waals surface area (Å²) in [6.07, 6.45) is 0. The molecule has 5 aromatic carbocycles. The Hall–Kier alpha value is -3.89. The minimum atomic E-state index is -3.26. The molecule has 0 N–H and O–H groups in total. The fourth-order valence-corrected chi connectivity index (χ4v) is 8.76. The van der Waals surface area contributed by atoms with Crippen LogP contribution in [0.25, 0.3) is 32.9 Å². The van der Waals surface area contributed by atoms with Crippen molar-refractivity contribution in [2.45, 2.75) is 38.9 Å². The lowest BCUT2D eigenvalue weighted by atomic mass is 9.78. The molecule has 1 saturated heterocycles. The maximum atomic E-state index is 15.5. The van der Waals surface area contributed by atoms with E-state index in [1.807, 2.05) is 72.8 Å². The van der Waals surface area contributed by atoms with E-state index in [0.717, 1.165) is 49.0 Å². The van der Waals surface area contributed by atoms with Gasteiger partial charge in [0.1, 0.15) is 0 Å². The number of rotatable bonds is 5. The molecule has 0 spiro atoms. The molecule has 208 valence electrons. The third-order valence-electron chi connectivity index (χ3n) is 8.91. The van der Waals surface area contributed by atoms with Crippen LogP contribution in [0.5, 0.6) is 0 Å². The molecule has 0 bridgehead atoms. The highest BCUT2D eigenvalue weighted by atomic mass is 31.2. The Morgan fingerprint density at radius 1 is 0.571 bits per heavy atom. The molecule has 42 heavy (non-hydrogen) atoms. The normalized spacial score (nSPS) is 16.3. The number of fused-ring (bicyclic) bond motifs is 3. The van der Waals surface area contributed by atoms with Crippen molar-refractivity contribution < 1.29 is 13.9 Å². The van der Waals surface area contributed by atoms with Crippen LogP contribution < -0.4 is 16.1 Å². The maximum absolute atomic E-state index is 15.5. The summed E-state index contributed by atoms with van der Waals surface area (Å²) >= 11 is 0. The van der Waals surface area contributed by atoms with Crippen molar-refractivity contribution in [1.82, 2.24) is 4.34 Å². The Bertz CT molecular complexity index is 1910. The summed E-state index contributed by atoms with van der Waals surface area (Å²) < 4.78 is 30.0. The second-order valence-corrected chi connectivity index (χ2v) is 14.6. The zero-order valence-corrected chi connectivity index (χ0v) is 25.2. The first-order chi connectivity index (χ1) is 20.2. The smallest absolute Gasteiger partial charge is 0.399 e. The zero-order chi connectivity index (χ0) is 29.1. The van der Waals surface area contributed by atoms with E-state index >= 15 is 4.57 Å². The van der Waals surface area contributed by atoms with E-state index in [9.17, 15) is 0 Å². The molecule has 1 aliphatic rings. The molecular formula is C36H33BNO3P. The number of hydrogen-bond donors (Lipinski definition) is 0. The molecule has 0 aliphatic carbocycles. The maximum Gasteiger partial charge on any atom is 0.494 e. The Morgan fingerprint density at radius 2 is 1.07 bits per heavy atom. The second-order valence-electron chi connectivity index (χ2n) is 12.0. The van der Waals surface area contributed by atoms with E-state index in [-0.39, 0.29) is 11.2 Å². The first kappa shape index (κ1) is 27.0. The molecule has 0 saturated carbocycles. The molecule has 0 unspecified atom stereocenters. The van der Waals surface area contributed by atoms with Crippen molar-refractivity contribution in [3.63, 3.8) is 0 Å². The van der Waals surface area contributed by atoms with Gasteiger partial charge in [-0.3, -0.25) is 8.90 Å². The van der Waals surface area contributed by atoms with Gasteiger partial charge in [0.15, 0.2) is 0 Å². The summed E-state index contributed by atoms with van der Waals surface area (Å²) in [5, 5.41) is 3.77. The van der Waals surface area contributed by atoms with Crippen LogP contribution in [-0.4, -0.2) is 22.7 Å². The Kier molecular flexibility index (Phi) is 6.33. The third kappa shape index (κ3) is 4.19. The van der Waals surface area contributed by atoms with Crippen molar-refractivity contribution in [3.8, 4) is 11.1 Å². The molecule has 7 rings (SSSR count). The molecule has 1 aromatic heterocycles. The molecular weight excluding hydrogens is 536 g/mol. The molecule has 1 fully saturated rings. The van der Waals surface area contributed by atoms with Crippen LogP contribution in [0, 0.1) is 0 Å². The van der Waals surface area contributed by atoms with Crippen molar-refractivity contribution in [2.75, 3.05) is 0 Å². The van der Waals surface area contributed by atoms with Crippen LogP contribution >= 0.6 is 7.29 Å². The number of aromatic nitrogens is 1. The van der Waals surface area contributed by atoms with Crippen molar-refractivity contribution in [3.05, 3.63) is 127 Å². The molecule has 4 nitrogen and oxygen atoms in total. The second kappa shape index (κ2) is 9.85. The molecule has 0 radical (unpaired) electrons. The van der Waals surface area contributed by atoms with Gasteiger partial charge in [0.2, 0.25) is 7.29 Å². The van der Waals surface area contributed by atoms with Gasteiger partial charge in [-0.15, -0.1) is 0 Å². The summed E-state index contributed by atoms with van der Waals surface area (Å²) in [6, 6.07) is 42.8. The summed E-state index contributed by atoms with van der Waals surface area (Å²) in [4.78, 5) is 0. The zero-order valence-electron chi connectivity index (χ0n) is 24.3. The Balaban J connectivity index is 1.36. The van der Waals surface area contributed by atoms with Crippen LogP contribution in [0.2, 0.25) is 0 Å². The molecule has 6 heteroatoms. The van der Waals surface area contributed by atoms with E-state index < -0.39 is 14.4 Å². The molecule has 0 amide bonds. The van der Waals surface area contributed by atoms with E-state index in [1.54, 1.807) is 0 Å². The lowest BCUT2D eigenvalue weighted by molar-refractivity contribution is 0.00578. The number of para-hydroxylation sites is 1. The summed E-state index contributed by atoms with van der Waals surface area (Å²) in [6.45, 7) is 8.28. The van der Waals surface area contributed by atoms with Crippen molar-refractivity contribution in [2.24, 2.45) is 0 Å². The minimum absolute atomic E-state index is 0.380. The van der Waals surface area contributed by atoms with Gasteiger partial charge in [-0.25, -0.2) is 0 Å². The highest BCUT2D eigenvalue weighted by Gasteiger charge is 2.51. The van der Waals surface area contributed by atoms with Gasteiger partial charge in [-0.05, 0) is 86.7 Å². The Morgan fingerprint density at radius 3 is 1.67 bits per heavy atom. The predicted molar refractivity (Wildman–Crippen MR) is 176 cm³/mol. The van der Waals surface area contributed by atoms with Gasteiger partial charge in [-0.2, -0.15) is 0 Å². The molecule has 2 heterocycles. The fraction of sp³-hybridized carbons (Fsp3) is 0.167. The summed E-state index contributed by atoms with van der Waals surface area (Å²) in [5.74, 6) is 0. The first-order valence-corrected chi connectivity index (χ1v) is 16.1. The van der Waals surface area contributed by atoms with E-state index in [2.05, 4.69) is 86.6 Å². The van der Waals surface area contributed by atoms with Gasteiger partial charge >= 0.3 is 7.12 Å². The highest BCUT2D eigenvalue weighted by Crippen LogP contribution is 2.51. The largest absolute Gasteiger partial charge is 0.494 e.